The number of H-pyrrole nitrogens is 1. The average Bonchev–Trinajstić information content (AvgIpc) is 3.78. The molecule has 1 atom stereocenters. The fraction of sp³-hybridized carbons (Fsp3) is 0.490. The molecular formula is C49H63N9O8S2. The lowest BCUT2D eigenvalue weighted by atomic mass is 9.59. The zero-order valence-electron chi connectivity index (χ0n) is 39.1. The number of nitrogens with zero attached hydrogens (tertiary/aromatic N) is 5. The molecule has 0 unspecified atom stereocenters. The van der Waals surface area contributed by atoms with Crippen molar-refractivity contribution >= 4 is 54.3 Å². The second kappa shape index (κ2) is 19.5. The first-order valence-electron chi connectivity index (χ1n) is 23.7. The molecule has 5 aromatic rings. The van der Waals surface area contributed by atoms with Gasteiger partial charge in [0.2, 0.25) is 5.82 Å². The molecule has 19 heteroatoms. The van der Waals surface area contributed by atoms with Crippen molar-refractivity contribution in [3.05, 3.63) is 106 Å². The number of aromatic amines is 1. The summed E-state index contributed by atoms with van der Waals surface area (Å²) in [5.74, 6) is 0.0604. The summed E-state index contributed by atoms with van der Waals surface area (Å²) < 4.78 is 57.5. The summed E-state index contributed by atoms with van der Waals surface area (Å²) in [6.45, 7) is 8.89. The quantitative estimate of drug-likeness (QED) is 0.0392. The molecule has 2 aliphatic carbocycles. The fourth-order valence-electron chi connectivity index (χ4n) is 10.8. The van der Waals surface area contributed by atoms with Gasteiger partial charge in [-0.3, -0.25) is 28.7 Å². The molecule has 2 aliphatic heterocycles. The number of nitro groups is 1. The number of carbonyl (C=O) groups excluding carboxylic acids is 1. The standard InChI is InChI=1S/C49H63N9O8S2/c1-32(2)40-7-5-6-8-41(40)44-31-65-22-21-57(44)37-26-49(27-37)16-19-56(20-17-49)36-13-14-42(45(24-36)66-38-23-34-15-18-50-46(34)52-29-38)48(59)55-68(63,64)39-25-43(58(60)61)47(53-30-39)51-28-33-9-11-35(12-10-33)54-67(3,4)62/h5-8,13-15,18,23-25,29-30,32-33,35,37,44,67H,9-12,16-17,19-22,26-28,31H2,1-4H3,(H,50,52)(H,51,53)(H,54,62)(H,55,59)/t33-,35-,44-/m1/s1. The average molecular weight is 970 g/mol. The third kappa shape index (κ3) is 10.6. The molecule has 4 N–H and O–H groups in total. The van der Waals surface area contributed by atoms with E-state index in [0.717, 1.165) is 101 Å². The molecule has 68 heavy (non-hydrogen) atoms. The molecule has 5 heterocycles. The lowest BCUT2D eigenvalue weighted by Gasteiger charge is -2.57. The Hall–Kier alpha value is -5.47. The van der Waals surface area contributed by atoms with Crippen molar-refractivity contribution in [1.29, 1.82) is 0 Å². The van der Waals surface area contributed by atoms with Gasteiger partial charge in [-0.05, 0) is 104 Å². The highest BCUT2D eigenvalue weighted by atomic mass is 32.3. The second-order valence-electron chi connectivity index (χ2n) is 19.8. The van der Waals surface area contributed by atoms with Gasteiger partial charge in [0.1, 0.15) is 22.0 Å². The number of thiol groups is 1. The first-order valence-corrected chi connectivity index (χ1v) is 27.8. The van der Waals surface area contributed by atoms with Gasteiger partial charge in [0.25, 0.3) is 15.9 Å². The molecule has 9 rings (SSSR count). The van der Waals surface area contributed by atoms with Crippen molar-refractivity contribution in [2.75, 3.05) is 62.1 Å². The second-order valence-corrected chi connectivity index (χ2v) is 24.5. The lowest BCUT2D eigenvalue weighted by Crippen LogP contribution is -2.58. The Morgan fingerprint density at radius 1 is 1.01 bits per heavy atom. The summed E-state index contributed by atoms with van der Waals surface area (Å²) in [5.41, 5.74) is 3.92. The van der Waals surface area contributed by atoms with Crippen LogP contribution in [0.4, 0.5) is 17.2 Å². The number of aromatic nitrogens is 3. The van der Waals surface area contributed by atoms with E-state index in [1.165, 1.54) is 17.3 Å². The molecule has 17 nitrogen and oxygen atoms in total. The number of sulfonamides is 1. The molecule has 0 radical (unpaired) electrons. The molecule has 0 bridgehead atoms. The molecular weight excluding hydrogens is 907 g/mol. The first-order chi connectivity index (χ1) is 32.5. The maximum absolute atomic E-state index is 14.0. The summed E-state index contributed by atoms with van der Waals surface area (Å²) in [5, 5.41) is 16.0. The minimum atomic E-state index is -4.64. The maximum Gasteiger partial charge on any atom is 0.312 e. The number of rotatable bonds is 15. The Balaban J connectivity index is 0.881. The van der Waals surface area contributed by atoms with Crippen LogP contribution in [-0.2, 0) is 24.9 Å². The molecule has 364 valence electrons. The summed E-state index contributed by atoms with van der Waals surface area (Å²) in [6.07, 6.45) is 15.3. The molecule has 1 spiro atoms. The Morgan fingerprint density at radius 2 is 1.78 bits per heavy atom. The van der Waals surface area contributed by atoms with E-state index in [9.17, 15) is 27.5 Å². The number of hydrogen-bond donors (Lipinski definition) is 5. The van der Waals surface area contributed by atoms with Crippen molar-refractivity contribution in [3.8, 4) is 11.5 Å². The Kier molecular flexibility index (Phi) is 13.6. The van der Waals surface area contributed by atoms with Crippen LogP contribution in [-0.4, -0.2) is 107 Å². The highest BCUT2D eigenvalue weighted by Crippen LogP contribution is 2.53. The predicted molar refractivity (Wildman–Crippen MR) is 265 cm³/mol. The molecule has 4 fully saturated rings. The van der Waals surface area contributed by atoms with Crippen LogP contribution in [0.1, 0.15) is 98.7 Å². The van der Waals surface area contributed by atoms with Crippen molar-refractivity contribution in [2.45, 2.75) is 94.2 Å². The Bertz CT molecular complexity index is 2810. The molecule has 2 saturated carbocycles. The number of amides is 1. The minimum absolute atomic E-state index is 0.0488. The largest absolute Gasteiger partial charge is 0.455 e. The van der Waals surface area contributed by atoms with E-state index < -0.39 is 41.6 Å². The first kappa shape index (κ1) is 47.6. The topological polar surface area (TPSA) is 214 Å². The fourth-order valence-corrected chi connectivity index (χ4v) is 12.9. The predicted octanol–water partition coefficient (Wildman–Crippen LogP) is 7.47. The van der Waals surface area contributed by atoms with Crippen LogP contribution in [0.5, 0.6) is 11.5 Å². The Morgan fingerprint density at radius 3 is 2.51 bits per heavy atom. The SMILES string of the molecule is CC(C)c1ccccc1[C@H]1COCCN1C1CC2(CCN(c3ccc(C(=O)NS(=O)(=O)c4cnc(NC[C@H]5CC[C@H](N[SH](C)(C)=O)CC5)c([N+](=O)[O-])c4)c(Oc4cnc5[nH]ccc5c4)c3)CC2)C1. The van der Waals surface area contributed by atoms with Crippen LogP contribution >= 0.6 is 0 Å². The monoisotopic (exact) mass is 969 g/mol. The van der Waals surface area contributed by atoms with Crippen LogP contribution in [0.25, 0.3) is 11.0 Å². The summed E-state index contributed by atoms with van der Waals surface area (Å²) in [6, 6.07) is 19.3. The van der Waals surface area contributed by atoms with E-state index in [-0.39, 0.29) is 40.5 Å². The number of hydrogen-bond acceptors (Lipinski definition) is 13. The molecule has 2 saturated heterocycles. The van der Waals surface area contributed by atoms with Crippen LogP contribution in [0.2, 0.25) is 0 Å². The number of nitrogens with one attached hydrogen (secondary N) is 4. The molecule has 2 aromatic carbocycles. The van der Waals surface area contributed by atoms with Crippen LogP contribution in [0, 0.1) is 21.4 Å². The number of pyridine rings is 2. The highest BCUT2D eigenvalue weighted by molar-refractivity contribution is 7.99. The number of benzene rings is 2. The lowest BCUT2D eigenvalue weighted by molar-refractivity contribution is -0.384. The van der Waals surface area contributed by atoms with Gasteiger partial charge in [0.05, 0.1) is 42.1 Å². The van der Waals surface area contributed by atoms with Crippen molar-refractivity contribution in [3.63, 3.8) is 0 Å². The van der Waals surface area contributed by atoms with Gasteiger partial charge in [-0.25, -0.2) is 23.1 Å². The van der Waals surface area contributed by atoms with E-state index in [2.05, 4.69) is 77.6 Å². The highest BCUT2D eigenvalue weighted by Gasteiger charge is 2.50. The summed E-state index contributed by atoms with van der Waals surface area (Å²) in [7, 11) is -7.01. The number of piperidine rings is 1. The number of morpholine rings is 1. The molecule has 4 aliphatic rings. The minimum Gasteiger partial charge on any atom is -0.455 e. The van der Waals surface area contributed by atoms with Gasteiger partial charge in [0, 0.05) is 80.2 Å². The van der Waals surface area contributed by atoms with Crippen LogP contribution in [0.15, 0.2) is 84.1 Å². The van der Waals surface area contributed by atoms with Gasteiger partial charge < -0.3 is 24.7 Å². The van der Waals surface area contributed by atoms with Crippen LogP contribution < -0.4 is 24.4 Å². The van der Waals surface area contributed by atoms with E-state index >= 15 is 0 Å². The number of ether oxygens (including phenoxy) is 2. The zero-order valence-corrected chi connectivity index (χ0v) is 40.9. The zero-order chi connectivity index (χ0) is 47.8. The Labute approximate surface area is 398 Å². The van der Waals surface area contributed by atoms with Gasteiger partial charge in [-0.2, -0.15) is 0 Å². The van der Waals surface area contributed by atoms with Crippen LogP contribution in [0.3, 0.4) is 0 Å². The third-order valence-electron chi connectivity index (χ3n) is 14.4. The smallest absolute Gasteiger partial charge is 0.312 e. The van der Waals surface area contributed by atoms with Gasteiger partial charge in [-0.1, -0.05) is 48.2 Å². The van der Waals surface area contributed by atoms with E-state index in [4.69, 9.17) is 9.47 Å². The van der Waals surface area contributed by atoms with E-state index in [1.807, 2.05) is 6.07 Å². The van der Waals surface area contributed by atoms with Crippen molar-refractivity contribution in [2.24, 2.45) is 11.3 Å². The van der Waals surface area contributed by atoms with Gasteiger partial charge >= 0.3 is 5.69 Å². The number of carbonyl (C=O) groups is 1. The van der Waals surface area contributed by atoms with Crippen molar-refractivity contribution < 1.29 is 31.8 Å². The summed E-state index contributed by atoms with van der Waals surface area (Å²) >= 11 is 0. The molecule has 1 amide bonds. The number of fused-ring (bicyclic) bond motifs is 1. The number of anilines is 2. The normalized spacial score (nSPS) is 21.7. The summed E-state index contributed by atoms with van der Waals surface area (Å²) in [4.78, 5) is 41.6. The van der Waals surface area contributed by atoms with E-state index in [1.54, 1.807) is 43.0 Å². The van der Waals surface area contributed by atoms with Gasteiger partial charge in [0.15, 0.2) is 0 Å². The van der Waals surface area contributed by atoms with E-state index in [0.29, 0.717) is 36.5 Å². The molecule has 3 aromatic heterocycles. The van der Waals surface area contributed by atoms with Gasteiger partial charge in [-0.15, -0.1) is 0 Å². The third-order valence-corrected chi connectivity index (χ3v) is 16.7. The van der Waals surface area contributed by atoms with Crippen molar-refractivity contribution in [1.82, 2.24) is 29.3 Å². The maximum atomic E-state index is 14.0.